The fourth-order valence-electron chi connectivity index (χ4n) is 5.16. The molecule has 7 nitrogen and oxygen atoms in total. The van der Waals surface area contributed by atoms with Crippen LogP contribution in [0.15, 0.2) is 89.9 Å². The van der Waals surface area contributed by atoms with Crippen molar-refractivity contribution in [1.82, 2.24) is 5.32 Å². The van der Waals surface area contributed by atoms with Gasteiger partial charge in [0.25, 0.3) is 5.91 Å². The summed E-state index contributed by atoms with van der Waals surface area (Å²) in [6, 6.07) is 26.2. The largest absolute Gasteiger partial charge is 0.445 e. The van der Waals surface area contributed by atoms with E-state index in [1.807, 2.05) is 91.9 Å². The SMILES string of the molecule is CC1(C(=O)CN2C(=O)C(NC(=O)OCc3ccccc3)N=C(c3ccccc3)c3ccccc32)CCCC1. The summed E-state index contributed by atoms with van der Waals surface area (Å²) in [5.74, 6) is -0.457. The Hall–Kier alpha value is -4.26. The number of nitrogens with one attached hydrogen (secondary N) is 1. The Kier molecular flexibility index (Phi) is 7.36. The number of rotatable bonds is 7. The normalized spacial score (nSPS) is 18.2. The molecule has 5 rings (SSSR count). The summed E-state index contributed by atoms with van der Waals surface area (Å²) in [6.07, 6.45) is 1.62. The van der Waals surface area contributed by atoms with Crippen molar-refractivity contribution < 1.29 is 19.1 Å². The topological polar surface area (TPSA) is 88.1 Å². The molecule has 1 aliphatic heterocycles. The molecule has 2 amide bonds. The maximum atomic E-state index is 13.9. The van der Waals surface area contributed by atoms with Gasteiger partial charge in [-0.15, -0.1) is 0 Å². The molecule has 194 valence electrons. The number of alkyl carbamates (subject to hydrolysis) is 1. The van der Waals surface area contributed by atoms with E-state index >= 15 is 0 Å². The molecule has 3 aromatic carbocycles. The van der Waals surface area contributed by atoms with Gasteiger partial charge in [-0.2, -0.15) is 0 Å². The molecular formula is C31H31N3O4. The van der Waals surface area contributed by atoms with Crippen molar-refractivity contribution in [2.75, 3.05) is 11.4 Å². The van der Waals surface area contributed by atoms with Gasteiger partial charge in [-0.1, -0.05) is 98.6 Å². The van der Waals surface area contributed by atoms with Crippen LogP contribution < -0.4 is 10.2 Å². The number of aliphatic imine (C=N–C) groups is 1. The second-order valence-electron chi connectivity index (χ2n) is 10.1. The van der Waals surface area contributed by atoms with E-state index in [0.29, 0.717) is 11.4 Å². The Labute approximate surface area is 222 Å². The van der Waals surface area contributed by atoms with Crippen LogP contribution in [0.25, 0.3) is 0 Å². The number of hydrogen-bond donors (Lipinski definition) is 1. The molecule has 1 fully saturated rings. The Morgan fingerprint density at radius 1 is 0.947 bits per heavy atom. The average molecular weight is 510 g/mol. The van der Waals surface area contributed by atoms with Crippen LogP contribution in [-0.4, -0.2) is 36.2 Å². The van der Waals surface area contributed by atoms with Crippen molar-refractivity contribution in [1.29, 1.82) is 0 Å². The minimum Gasteiger partial charge on any atom is -0.445 e. The zero-order valence-electron chi connectivity index (χ0n) is 21.4. The first kappa shape index (κ1) is 25.4. The highest BCUT2D eigenvalue weighted by Crippen LogP contribution is 2.39. The van der Waals surface area contributed by atoms with Gasteiger partial charge in [0.1, 0.15) is 6.61 Å². The number of amides is 2. The van der Waals surface area contributed by atoms with Gasteiger partial charge in [0.05, 0.1) is 17.9 Å². The molecule has 0 bridgehead atoms. The van der Waals surface area contributed by atoms with Crippen LogP contribution in [0.1, 0.15) is 49.3 Å². The van der Waals surface area contributed by atoms with Crippen LogP contribution in [0.5, 0.6) is 0 Å². The molecule has 0 saturated heterocycles. The predicted octanol–water partition coefficient (Wildman–Crippen LogP) is 5.27. The van der Waals surface area contributed by atoms with E-state index in [9.17, 15) is 14.4 Å². The van der Waals surface area contributed by atoms with Gasteiger partial charge in [-0.25, -0.2) is 9.79 Å². The van der Waals surface area contributed by atoms with E-state index in [0.717, 1.165) is 42.4 Å². The maximum absolute atomic E-state index is 13.9. The smallest absolute Gasteiger partial charge is 0.409 e. The van der Waals surface area contributed by atoms with Crippen LogP contribution >= 0.6 is 0 Å². The van der Waals surface area contributed by atoms with Gasteiger partial charge in [0, 0.05) is 16.5 Å². The Morgan fingerprint density at radius 2 is 1.58 bits per heavy atom. The van der Waals surface area contributed by atoms with Crippen molar-refractivity contribution in [3.05, 3.63) is 102 Å². The monoisotopic (exact) mass is 509 g/mol. The Morgan fingerprint density at radius 3 is 2.29 bits per heavy atom. The number of fused-ring (bicyclic) bond motifs is 1. The third-order valence-corrected chi connectivity index (χ3v) is 7.40. The average Bonchev–Trinajstić information content (AvgIpc) is 3.37. The van der Waals surface area contributed by atoms with Gasteiger partial charge >= 0.3 is 6.09 Å². The van der Waals surface area contributed by atoms with Gasteiger partial charge in [-0.05, 0) is 24.5 Å². The molecule has 1 heterocycles. The standard InChI is InChI=1S/C31H31N3O4/c1-31(18-10-11-19-31)26(35)20-34-25-17-9-8-16-24(25)27(23-14-6-3-7-15-23)32-28(29(34)36)33-30(37)38-21-22-12-4-2-5-13-22/h2-9,12-17,28H,10-11,18-21H2,1H3,(H,33,37). The van der Waals surface area contributed by atoms with Gasteiger partial charge in [0.15, 0.2) is 5.78 Å². The lowest BCUT2D eigenvalue weighted by atomic mass is 9.83. The number of carbonyl (C=O) groups excluding carboxylic acids is 3. The molecule has 38 heavy (non-hydrogen) atoms. The molecule has 2 aliphatic rings. The molecule has 1 N–H and O–H groups in total. The molecule has 0 aromatic heterocycles. The lowest BCUT2D eigenvalue weighted by Crippen LogP contribution is -2.50. The van der Waals surface area contributed by atoms with Crippen molar-refractivity contribution in [3.8, 4) is 0 Å². The summed E-state index contributed by atoms with van der Waals surface area (Å²) in [5, 5.41) is 2.64. The molecule has 0 spiro atoms. The number of hydrogen-bond acceptors (Lipinski definition) is 5. The lowest BCUT2D eigenvalue weighted by Gasteiger charge is -2.29. The Balaban J connectivity index is 1.48. The van der Waals surface area contributed by atoms with Crippen LogP contribution in [0.2, 0.25) is 0 Å². The quantitative estimate of drug-likeness (QED) is 0.470. The third-order valence-electron chi connectivity index (χ3n) is 7.40. The number of ketones is 1. The van der Waals surface area contributed by atoms with E-state index in [1.54, 1.807) is 0 Å². The molecule has 7 heteroatoms. The highest BCUT2D eigenvalue weighted by molar-refractivity contribution is 6.21. The summed E-state index contributed by atoms with van der Waals surface area (Å²) in [7, 11) is 0. The van der Waals surface area contributed by atoms with E-state index in [-0.39, 0.29) is 18.9 Å². The second-order valence-corrected chi connectivity index (χ2v) is 10.1. The first-order chi connectivity index (χ1) is 18.4. The molecule has 1 saturated carbocycles. The predicted molar refractivity (Wildman–Crippen MR) is 146 cm³/mol. The number of para-hydroxylation sites is 1. The number of carbonyl (C=O) groups is 3. The van der Waals surface area contributed by atoms with E-state index in [4.69, 9.17) is 9.73 Å². The van der Waals surface area contributed by atoms with Crippen LogP contribution in [0.3, 0.4) is 0 Å². The highest BCUT2D eigenvalue weighted by atomic mass is 16.5. The lowest BCUT2D eigenvalue weighted by molar-refractivity contribution is -0.128. The van der Waals surface area contributed by atoms with Crippen LogP contribution in [0, 0.1) is 5.41 Å². The number of benzene rings is 3. The molecule has 1 unspecified atom stereocenters. The number of nitrogens with zero attached hydrogens (tertiary/aromatic N) is 2. The van der Waals surface area contributed by atoms with Gasteiger partial charge in [-0.3, -0.25) is 14.9 Å². The maximum Gasteiger partial charge on any atom is 0.409 e. The van der Waals surface area contributed by atoms with E-state index in [1.165, 1.54) is 4.90 Å². The summed E-state index contributed by atoms with van der Waals surface area (Å²) >= 11 is 0. The van der Waals surface area contributed by atoms with Gasteiger partial charge in [0.2, 0.25) is 6.17 Å². The van der Waals surface area contributed by atoms with E-state index < -0.39 is 23.6 Å². The minimum atomic E-state index is -1.26. The number of benzodiazepines with no additional fused rings is 1. The summed E-state index contributed by atoms with van der Waals surface area (Å²) in [5.41, 5.74) is 3.04. The van der Waals surface area contributed by atoms with Crippen molar-refractivity contribution in [2.45, 2.75) is 45.4 Å². The first-order valence-electron chi connectivity index (χ1n) is 13.0. The molecule has 0 radical (unpaired) electrons. The van der Waals surface area contributed by atoms with Crippen molar-refractivity contribution in [3.63, 3.8) is 0 Å². The number of ether oxygens (including phenoxy) is 1. The molecule has 1 aliphatic carbocycles. The fourth-order valence-corrected chi connectivity index (χ4v) is 5.16. The summed E-state index contributed by atoms with van der Waals surface area (Å²) in [6.45, 7) is 1.96. The summed E-state index contributed by atoms with van der Waals surface area (Å²) in [4.78, 5) is 46.5. The highest BCUT2D eigenvalue weighted by Gasteiger charge is 2.40. The fraction of sp³-hybridized carbons (Fsp3) is 0.290. The molecule has 1 atom stereocenters. The summed E-state index contributed by atoms with van der Waals surface area (Å²) < 4.78 is 5.39. The number of Topliss-reactive ketones (excluding diaryl/α,β-unsaturated/α-hetero) is 1. The molecule has 3 aromatic rings. The third kappa shape index (κ3) is 5.37. The first-order valence-corrected chi connectivity index (χ1v) is 13.0. The van der Waals surface area contributed by atoms with E-state index in [2.05, 4.69) is 5.32 Å². The van der Waals surface area contributed by atoms with Crippen LogP contribution in [-0.2, 0) is 20.9 Å². The zero-order valence-corrected chi connectivity index (χ0v) is 21.4. The van der Waals surface area contributed by atoms with Crippen LogP contribution in [0.4, 0.5) is 10.5 Å². The minimum absolute atomic E-state index is 0.0201. The Bertz CT molecular complexity index is 1350. The zero-order chi connectivity index (χ0) is 26.5. The van der Waals surface area contributed by atoms with Crippen molar-refractivity contribution >= 4 is 29.2 Å². The van der Waals surface area contributed by atoms with Crippen molar-refractivity contribution in [2.24, 2.45) is 10.4 Å². The van der Waals surface area contributed by atoms with Gasteiger partial charge < -0.3 is 9.64 Å². The number of anilines is 1. The molecular weight excluding hydrogens is 478 g/mol. The second kappa shape index (κ2) is 11.0.